The third-order valence-electron chi connectivity index (χ3n) is 3.60. The van der Waals surface area contributed by atoms with Crippen LogP contribution in [0.2, 0.25) is 0 Å². The predicted molar refractivity (Wildman–Crippen MR) is 79.6 cm³/mol. The molecule has 21 heavy (non-hydrogen) atoms. The van der Waals surface area contributed by atoms with Gasteiger partial charge in [-0.05, 0) is 49.7 Å². The van der Waals surface area contributed by atoms with Crippen LogP contribution in [0.15, 0.2) is 36.4 Å². The van der Waals surface area contributed by atoms with E-state index < -0.39 is 11.6 Å². The molecule has 0 bridgehead atoms. The molecule has 1 N–H and O–H groups in total. The molecule has 0 aromatic heterocycles. The van der Waals surface area contributed by atoms with Gasteiger partial charge < -0.3 is 10.1 Å². The minimum atomic E-state index is -0.690. The normalized spacial score (nSPS) is 12.2. The summed E-state index contributed by atoms with van der Waals surface area (Å²) in [6.45, 7) is 4.22. The molecule has 2 nitrogen and oxygen atoms in total. The first-order valence-corrected chi connectivity index (χ1v) is 6.84. The minimum Gasteiger partial charge on any atom is -0.486 e. The lowest BCUT2D eigenvalue weighted by atomic mass is 10.0. The van der Waals surface area contributed by atoms with Gasteiger partial charge in [-0.25, -0.2) is 8.78 Å². The van der Waals surface area contributed by atoms with E-state index in [1.165, 1.54) is 29.3 Å². The fourth-order valence-corrected chi connectivity index (χ4v) is 2.11. The maximum absolute atomic E-state index is 13.5. The van der Waals surface area contributed by atoms with Crippen molar-refractivity contribution in [3.8, 4) is 5.75 Å². The van der Waals surface area contributed by atoms with Crippen molar-refractivity contribution in [1.29, 1.82) is 0 Å². The van der Waals surface area contributed by atoms with Crippen LogP contribution in [-0.2, 0) is 0 Å². The van der Waals surface area contributed by atoms with Crippen LogP contribution in [0.1, 0.15) is 22.7 Å². The second-order valence-electron chi connectivity index (χ2n) is 5.05. The molecule has 0 spiro atoms. The number of ether oxygens (including phenoxy) is 1. The van der Waals surface area contributed by atoms with E-state index in [2.05, 4.69) is 11.4 Å². The van der Waals surface area contributed by atoms with E-state index in [0.29, 0.717) is 0 Å². The van der Waals surface area contributed by atoms with E-state index in [0.717, 1.165) is 5.56 Å². The number of nitrogens with one attached hydrogen (secondary N) is 1. The number of para-hydroxylation sites is 1. The largest absolute Gasteiger partial charge is 0.486 e. The highest BCUT2D eigenvalue weighted by Gasteiger charge is 2.15. The zero-order chi connectivity index (χ0) is 15.4. The number of benzene rings is 2. The summed E-state index contributed by atoms with van der Waals surface area (Å²) in [5.74, 6) is -1.71. The molecular weight excluding hydrogens is 272 g/mol. The molecule has 0 aliphatic carbocycles. The highest BCUT2D eigenvalue weighted by molar-refractivity contribution is 5.32. The van der Waals surface area contributed by atoms with Gasteiger partial charge in [-0.3, -0.25) is 0 Å². The van der Waals surface area contributed by atoms with E-state index in [9.17, 15) is 8.78 Å². The fraction of sp³-hybridized carbons (Fsp3) is 0.294. The van der Waals surface area contributed by atoms with Crippen LogP contribution in [-0.4, -0.2) is 13.7 Å². The molecule has 2 aromatic rings. The van der Waals surface area contributed by atoms with Gasteiger partial charge in [0.15, 0.2) is 17.4 Å². The molecule has 2 rings (SSSR count). The van der Waals surface area contributed by atoms with Crippen LogP contribution in [0.3, 0.4) is 0 Å². The monoisotopic (exact) mass is 291 g/mol. The fourth-order valence-electron chi connectivity index (χ4n) is 2.11. The molecule has 1 atom stereocenters. The van der Waals surface area contributed by atoms with Gasteiger partial charge in [0.2, 0.25) is 0 Å². The summed E-state index contributed by atoms with van der Waals surface area (Å²) in [5.41, 5.74) is 3.40. The molecule has 1 unspecified atom stereocenters. The Labute approximate surface area is 123 Å². The van der Waals surface area contributed by atoms with E-state index in [1.54, 1.807) is 7.05 Å². The lowest BCUT2D eigenvalue weighted by Gasteiger charge is -2.19. The summed E-state index contributed by atoms with van der Waals surface area (Å²) in [4.78, 5) is 0. The van der Waals surface area contributed by atoms with Crippen molar-refractivity contribution >= 4 is 0 Å². The van der Waals surface area contributed by atoms with Crippen molar-refractivity contribution in [3.63, 3.8) is 0 Å². The topological polar surface area (TPSA) is 21.3 Å². The lowest BCUT2D eigenvalue weighted by molar-refractivity contribution is 0.249. The van der Waals surface area contributed by atoms with E-state index >= 15 is 0 Å². The van der Waals surface area contributed by atoms with Crippen molar-refractivity contribution < 1.29 is 13.5 Å². The number of rotatable bonds is 5. The highest BCUT2D eigenvalue weighted by atomic mass is 19.1. The number of halogens is 2. The average molecular weight is 291 g/mol. The van der Waals surface area contributed by atoms with Gasteiger partial charge in [-0.2, -0.15) is 0 Å². The summed E-state index contributed by atoms with van der Waals surface area (Å²) < 4.78 is 32.4. The Kier molecular flexibility index (Phi) is 4.91. The minimum absolute atomic E-state index is 0.136. The summed E-state index contributed by atoms with van der Waals surface area (Å²) in [6, 6.07) is 9.62. The molecule has 0 radical (unpaired) electrons. The molecule has 112 valence electrons. The first kappa shape index (κ1) is 15.4. The number of likely N-dealkylation sites (N-methyl/N-ethyl adjacent to an activating group) is 1. The zero-order valence-corrected chi connectivity index (χ0v) is 12.4. The maximum atomic E-state index is 13.5. The van der Waals surface area contributed by atoms with Gasteiger partial charge in [0.05, 0.1) is 6.04 Å². The SMILES string of the molecule is CNC(COc1c(F)cccc1F)c1ccc(C)c(C)c1. The van der Waals surface area contributed by atoms with Crippen LogP contribution < -0.4 is 10.1 Å². The molecule has 4 heteroatoms. The smallest absolute Gasteiger partial charge is 0.190 e. The van der Waals surface area contributed by atoms with Crippen LogP contribution in [0.5, 0.6) is 5.75 Å². The summed E-state index contributed by atoms with van der Waals surface area (Å²) in [6.07, 6.45) is 0. The van der Waals surface area contributed by atoms with Gasteiger partial charge >= 0.3 is 0 Å². The molecule has 0 aliphatic rings. The maximum Gasteiger partial charge on any atom is 0.190 e. The Hall–Kier alpha value is -1.94. The van der Waals surface area contributed by atoms with Gasteiger partial charge in [0, 0.05) is 0 Å². The van der Waals surface area contributed by atoms with E-state index in [-0.39, 0.29) is 18.4 Å². The predicted octanol–water partition coefficient (Wildman–Crippen LogP) is 3.92. The summed E-state index contributed by atoms with van der Waals surface area (Å²) in [5, 5.41) is 3.10. The Balaban J connectivity index is 2.14. The quantitative estimate of drug-likeness (QED) is 0.901. The zero-order valence-electron chi connectivity index (χ0n) is 12.4. The lowest BCUT2D eigenvalue weighted by Crippen LogP contribution is -2.24. The second kappa shape index (κ2) is 6.68. The van der Waals surface area contributed by atoms with Gasteiger partial charge in [0.25, 0.3) is 0 Å². The van der Waals surface area contributed by atoms with Gasteiger partial charge in [-0.15, -0.1) is 0 Å². The Morgan fingerprint density at radius 3 is 2.29 bits per heavy atom. The van der Waals surface area contributed by atoms with Crippen LogP contribution >= 0.6 is 0 Å². The van der Waals surface area contributed by atoms with Gasteiger partial charge in [0.1, 0.15) is 6.61 Å². The second-order valence-corrected chi connectivity index (χ2v) is 5.05. The summed E-state index contributed by atoms with van der Waals surface area (Å²) >= 11 is 0. The van der Waals surface area contributed by atoms with Crippen molar-refractivity contribution in [2.24, 2.45) is 0 Å². The molecule has 0 amide bonds. The molecule has 2 aromatic carbocycles. The van der Waals surface area contributed by atoms with E-state index in [4.69, 9.17) is 4.74 Å². The van der Waals surface area contributed by atoms with Crippen molar-refractivity contribution in [2.45, 2.75) is 19.9 Å². The van der Waals surface area contributed by atoms with Gasteiger partial charge in [-0.1, -0.05) is 24.3 Å². The molecule has 0 fully saturated rings. The molecule has 0 saturated heterocycles. The van der Waals surface area contributed by atoms with Crippen molar-refractivity contribution in [2.75, 3.05) is 13.7 Å². The number of hydrogen-bond acceptors (Lipinski definition) is 2. The highest BCUT2D eigenvalue weighted by Crippen LogP contribution is 2.23. The molecule has 0 saturated carbocycles. The van der Waals surface area contributed by atoms with Crippen LogP contribution in [0, 0.1) is 25.5 Å². The van der Waals surface area contributed by atoms with Crippen LogP contribution in [0.25, 0.3) is 0 Å². The molecule has 0 heterocycles. The number of hydrogen-bond donors (Lipinski definition) is 1. The van der Waals surface area contributed by atoms with Crippen molar-refractivity contribution in [1.82, 2.24) is 5.32 Å². The summed E-state index contributed by atoms with van der Waals surface area (Å²) in [7, 11) is 1.79. The standard InChI is InChI=1S/C17H19F2NO/c1-11-7-8-13(9-12(11)2)16(20-3)10-21-17-14(18)5-4-6-15(17)19/h4-9,16,20H,10H2,1-3H3. The first-order valence-electron chi connectivity index (χ1n) is 6.84. The molecule has 0 aliphatic heterocycles. The first-order chi connectivity index (χ1) is 10.0. The Morgan fingerprint density at radius 2 is 1.71 bits per heavy atom. The van der Waals surface area contributed by atoms with Crippen molar-refractivity contribution in [3.05, 3.63) is 64.7 Å². The van der Waals surface area contributed by atoms with E-state index in [1.807, 2.05) is 26.0 Å². The Bertz CT molecular complexity index is 608. The third kappa shape index (κ3) is 3.58. The van der Waals surface area contributed by atoms with Crippen LogP contribution in [0.4, 0.5) is 8.78 Å². The Morgan fingerprint density at radius 1 is 1.05 bits per heavy atom. The number of aryl methyl sites for hydroxylation is 2. The molecular formula is C17H19F2NO. The third-order valence-corrected chi connectivity index (χ3v) is 3.60. The average Bonchev–Trinajstić information content (AvgIpc) is 2.46.